The number of carbonyl (C=O) groups is 1. The Morgan fingerprint density at radius 3 is 3.09 bits per heavy atom. The predicted octanol–water partition coefficient (Wildman–Crippen LogP) is 2.09. The van der Waals surface area contributed by atoms with Gasteiger partial charge in [-0.05, 0) is 42.3 Å². The molecule has 0 spiro atoms. The largest absolute Gasteiger partial charge is 0.497 e. The third-order valence-corrected chi connectivity index (χ3v) is 3.51. The molecule has 6 nitrogen and oxygen atoms in total. The lowest BCUT2D eigenvalue weighted by Crippen LogP contribution is -2.47. The van der Waals surface area contributed by atoms with E-state index in [9.17, 15) is 4.79 Å². The molecule has 1 aromatic carbocycles. The molecule has 0 saturated carbocycles. The van der Waals surface area contributed by atoms with Crippen molar-refractivity contribution in [1.82, 2.24) is 10.6 Å². The summed E-state index contributed by atoms with van der Waals surface area (Å²) in [6.45, 7) is 0.810. The van der Waals surface area contributed by atoms with Crippen molar-refractivity contribution in [1.29, 1.82) is 0 Å². The Morgan fingerprint density at radius 1 is 1.41 bits per heavy atom. The number of urea groups is 1. The molecule has 2 N–H and O–H groups in total. The molecule has 1 atom stereocenters. The van der Waals surface area contributed by atoms with Crippen LogP contribution in [0.3, 0.4) is 0 Å². The van der Waals surface area contributed by atoms with Gasteiger partial charge in [0.15, 0.2) is 0 Å². The van der Waals surface area contributed by atoms with Crippen LogP contribution in [0.4, 0.5) is 4.79 Å². The van der Waals surface area contributed by atoms with Crippen LogP contribution in [0.5, 0.6) is 11.5 Å². The van der Waals surface area contributed by atoms with Crippen molar-refractivity contribution in [3.8, 4) is 11.5 Å². The van der Waals surface area contributed by atoms with Crippen LogP contribution in [0.2, 0.25) is 0 Å². The highest BCUT2D eigenvalue weighted by Gasteiger charge is 2.21. The first-order valence-corrected chi connectivity index (χ1v) is 7.11. The van der Waals surface area contributed by atoms with Crippen LogP contribution in [-0.2, 0) is 13.0 Å². The van der Waals surface area contributed by atoms with E-state index in [1.807, 2.05) is 24.3 Å². The second-order valence-electron chi connectivity index (χ2n) is 5.09. The molecule has 1 aliphatic rings. The molecule has 2 heterocycles. The highest BCUT2D eigenvalue weighted by Crippen LogP contribution is 2.28. The Bertz CT molecular complexity index is 640. The second-order valence-corrected chi connectivity index (χ2v) is 5.09. The lowest BCUT2D eigenvalue weighted by Gasteiger charge is -2.26. The average molecular weight is 302 g/mol. The number of hydrogen-bond acceptors (Lipinski definition) is 4. The number of hydrogen-bond donors (Lipinski definition) is 2. The minimum atomic E-state index is -0.239. The topological polar surface area (TPSA) is 72.7 Å². The molecular formula is C16H18N2O4. The summed E-state index contributed by atoms with van der Waals surface area (Å²) in [4.78, 5) is 11.9. The molecule has 0 saturated heterocycles. The summed E-state index contributed by atoms with van der Waals surface area (Å²) < 4.78 is 16.0. The smallest absolute Gasteiger partial charge is 0.315 e. The zero-order valence-corrected chi connectivity index (χ0v) is 12.3. The predicted molar refractivity (Wildman–Crippen MR) is 80.1 cm³/mol. The van der Waals surface area contributed by atoms with Crippen molar-refractivity contribution in [3.05, 3.63) is 47.9 Å². The van der Waals surface area contributed by atoms with Crippen LogP contribution >= 0.6 is 0 Å². The van der Waals surface area contributed by atoms with Crippen LogP contribution in [0.15, 0.2) is 41.0 Å². The van der Waals surface area contributed by atoms with Crippen LogP contribution in [0, 0.1) is 0 Å². The highest BCUT2D eigenvalue weighted by molar-refractivity contribution is 5.74. The quantitative estimate of drug-likeness (QED) is 0.907. The molecule has 6 heteroatoms. The molecule has 0 unspecified atom stereocenters. The molecule has 0 radical (unpaired) electrons. The van der Waals surface area contributed by atoms with E-state index < -0.39 is 0 Å². The van der Waals surface area contributed by atoms with Crippen LogP contribution in [0.1, 0.15) is 11.3 Å². The molecule has 0 bridgehead atoms. The van der Waals surface area contributed by atoms with Gasteiger partial charge in [0.25, 0.3) is 0 Å². The Labute approximate surface area is 128 Å². The van der Waals surface area contributed by atoms with Gasteiger partial charge in [0.2, 0.25) is 0 Å². The summed E-state index contributed by atoms with van der Waals surface area (Å²) in [5.41, 5.74) is 1.03. The zero-order valence-electron chi connectivity index (χ0n) is 12.3. The van der Waals surface area contributed by atoms with Crippen molar-refractivity contribution < 1.29 is 18.7 Å². The van der Waals surface area contributed by atoms with Crippen LogP contribution < -0.4 is 20.1 Å². The molecule has 3 rings (SSSR count). The lowest BCUT2D eigenvalue weighted by atomic mass is 10.0. The maximum absolute atomic E-state index is 11.9. The first-order chi connectivity index (χ1) is 10.7. The van der Waals surface area contributed by atoms with E-state index in [0.29, 0.717) is 25.3 Å². The Kier molecular flexibility index (Phi) is 4.18. The molecule has 2 amide bonds. The first-order valence-electron chi connectivity index (χ1n) is 7.11. The maximum Gasteiger partial charge on any atom is 0.315 e. The number of carbonyl (C=O) groups excluding carboxylic acids is 1. The molecule has 2 aromatic rings. The monoisotopic (exact) mass is 302 g/mol. The Morgan fingerprint density at radius 2 is 2.32 bits per heavy atom. The summed E-state index contributed by atoms with van der Waals surface area (Å²) in [5, 5.41) is 5.66. The van der Waals surface area contributed by atoms with Gasteiger partial charge < -0.3 is 24.5 Å². The average Bonchev–Trinajstić information content (AvgIpc) is 3.05. The SMILES string of the molecule is COc1ccc2c(c1)C[C@@H](NC(=O)NCc1ccco1)CO2. The Balaban J connectivity index is 1.54. The highest BCUT2D eigenvalue weighted by atomic mass is 16.5. The standard InChI is InChI=1S/C16H18N2O4/c1-20-13-4-5-15-11(8-13)7-12(10-22-15)18-16(19)17-9-14-3-2-6-21-14/h2-6,8,12H,7,9-10H2,1H3,(H2,17,18,19)/t12-/m1/s1. The summed E-state index contributed by atoms with van der Waals surface area (Å²) in [5.74, 6) is 2.34. The third kappa shape index (κ3) is 3.33. The van der Waals surface area contributed by atoms with Crippen molar-refractivity contribution >= 4 is 6.03 Å². The number of fused-ring (bicyclic) bond motifs is 1. The van der Waals surface area contributed by atoms with Crippen LogP contribution in [-0.4, -0.2) is 25.8 Å². The van der Waals surface area contributed by atoms with Gasteiger partial charge >= 0.3 is 6.03 Å². The fraction of sp³-hybridized carbons (Fsp3) is 0.312. The van der Waals surface area contributed by atoms with E-state index in [0.717, 1.165) is 17.1 Å². The van der Waals surface area contributed by atoms with E-state index in [-0.39, 0.29) is 12.1 Å². The fourth-order valence-electron chi connectivity index (χ4n) is 2.41. The molecule has 0 fully saturated rings. The van der Waals surface area contributed by atoms with Gasteiger partial charge in [-0.1, -0.05) is 0 Å². The molecule has 0 aliphatic carbocycles. The van der Waals surface area contributed by atoms with E-state index >= 15 is 0 Å². The minimum Gasteiger partial charge on any atom is -0.497 e. The van der Waals surface area contributed by atoms with E-state index in [1.54, 1.807) is 19.4 Å². The lowest BCUT2D eigenvalue weighted by molar-refractivity contribution is 0.213. The summed E-state index contributed by atoms with van der Waals surface area (Å²) in [7, 11) is 1.63. The van der Waals surface area contributed by atoms with Gasteiger partial charge in [0, 0.05) is 0 Å². The molecule has 116 valence electrons. The zero-order chi connectivity index (χ0) is 15.4. The summed E-state index contributed by atoms with van der Waals surface area (Å²) in [6, 6.07) is 8.97. The number of nitrogens with one attached hydrogen (secondary N) is 2. The molecule has 1 aliphatic heterocycles. The van der Waals surface area contributed by atoms with Crippen molar-refractivity contribution in [2.75, 3.05) is 13.7 Å². The number of rotatable bonds is 4. The Hall–Kier alpha value is -2.63. The van der Waals surface area contributed by atoms with Gasteiger partial charge in [-0.25, -0.2) is 4.79 Å². The van der Waals surface area contributed by atoms with Crippen molar-refractivity contribution in [3.63, 3.8) is 0 Å². The van der Waals surface area contributed by atoms with Crippen LogP contribution in [0.25, 0.3) is 0 Å². The van der Waals surface area contributed by atoms with Gasteiger partial charge in [0.1, 0.15) is 23.9 Å². The molecule has 22 heavy (non-hydrogen) atoms. The fourth-order valence-corrected chi connectivity index (χ4v) is 2.41. The number of methoxy groups -OCH3 is 1. The maximum atomic E-state index is 11.9. The van der Waals surface area contributed by atoms with Gasteiger partial charge in [-0.2, -0.15) is 0 Å². The number of furan rings is 1. The first kappa shape index (κ1) is 14.3. The summed E-state index contributed by atoms with van der Waals surface area (Å²) >= 11 is 0. The minimum absolute atomic E-state index is 0.0730. The van der Waals surface area contributed by atoms with Gasteiger partial charge in [-0.3, -0.25) is 0 Å². The van der Waals surface area contributed by atoms with Crippen molar-refractivity contribution in [2.24, 2.45) is 0 Å². The van der Waals surface area contributed by atoms with Gasteiger partial charge in [-0.15, -0.1) is 0 Å². The number of amides is 2. The van der Waals surface area contributed by atoms with E-state index in [1.165, 1.54) is 0 Å². The molecular weight excluding hydrogens is 284 g/mol. The van der Waals surface area contributed by atoms with Crippen molar-refractivity contribution in [2.45, 2.75) is 19.0 Å². The number of ether oxygens (including phenoxy) is 2. The van der Waals surface area contributed by atoms with E-state index in [2.05, 4.69) is 10.6 Å². The normalized spacial score (nSPS) is 16.3. The van der Waals surface area contributed by atoms with Gasteiger partial charge in [0.05, 0.1) is 26.0 Å². The second kappa shape index (κ2) is 6.43. The summed E-state index contributed by atoms with van der Waals surface area (Å²) in [6.07, 6.45) is 2.29. The number of benzene rings is 1. The van der Waals surface area contributed by atoms with E-state index in [4.69, 9.17) is 13.9 Å². The third-order valence-electron chi connectivity index (χ3n) is 3.51. The molecule has 1 aromatic heterocycles.